The average molecular weight is 89.1 g/mol. The van der Waals surface area contributed by atoms with Gasteiger partial charge < -0.3 is 0 Å². The van der Waals surface area contributed by atoms with Gasteiger partial charge in [-0.3, -0.25) is 4.42 Å². The highest BCUT2D eigenvalue weighted by Crippen LogP contribution is 1.96. The predicted molar refractivity (Wildman–Crippen MR) is 24.1 cm³/mol. The molecule has 0 saturated carbocycles. The Morgan fingerprint density at radius 3 is 3.00 bits per heavy atom. The lowest BCUT2D eigenvalue weighted by Gasteiger charge is -1.55. The van der Waals surface area contributed by atoms with Crippen molar-refractivity contribution in [3.63, 3.8) is 0 Å². The second-order valence-corrected chi connectivity index (χ2v) is 1.77. The fourth-order valence-corrected chi connectivity index (χ4v) is 0.722. The van der Waals surface area contributed by atoms with Crippen LogP contribution >= 0.6 is 11.8 Å². The molecule has 0 saturated heterocycles. The summed E-state index contributed by atoms with van der Waals surface area (Å²) < 4.78 is 4.78. The summed E-state index contributed by atoms with van der Waals surface area (Å²) in [5, 5.41) is 0. The van der Waals surface area contributed by atoms with E-state index in [1.807, 2.05) is 0 Å². The molecule has 1 aliphatic rings. The van der Waals surface area contributed by atoms with Gasteiger partial charge in [-0.1, -0.05) is 0 Å². The molecule has 0 amide bonds. The van der Waals surface area contributed by atoms with Crippen molar-refractivity contribution in [1.82, 2.24) is 0 Å². The van der Waals surface area contributed by atoms with Gasteiger partial charge in [-0.15, -0.1) is 0 Å². The third kappa shape index (κ3) is 0.651. The van der Waals surface area contributed by atoms with Crippen LogP contribution < -0.4 is 0 Å². The van der Waals surface area contributed by atoms with E-state index in [2.05, 4.69) is 0 Å². The van der Waals surface area contributed by atoms with Crippen LogP contribution in [0.25, 0.3) is 0 Å². The van der Waals surface area contributed by atoms with E-state index in [4.69, 9.17) is 4.42 Å². The maximum atomic E-state index is 4.78. The van der Waals surface area contributed by atoms with E-state index in [1.165, 1.54) is 0 Å². The quantitative estimate of drug-likeness (QED) is 0.310. The van der Waals surface area contributed by atoms with Crippen LogP contribution in [0.5, 0.6) is 0 Å². The Morgan fingerprint density at radius 1 is 1.80 bits per heavy atom. The third-order valence-corrected chi connectivity index (χ3v) is 1.13. The average Bonchev–Trinajstić information content (AvgIpc) is 1.76. The predicted octanol–water partition coefficient (Wildman–Crippen LogP) is 0.459. The Morgan fingerprint density at radius 2 is 2.80 bits per heavy atom. The molecule has 1 rings (SSSR count). The van der Waals surface area contributed by atoms with Crippen molar-refractivity contribution in [2.75, 3.05) is 12.4 Å². The first kappa shape index (κ1) is 3.22. The summed E-state index contributed by atoms with van der Waals surface area (Å²) in [7, 11) is 0. The normalized spacial score (nSPS) is 20.8. The van der Waals surface area contributed by atoms with E-state index >= 15 is 0 Å². The van der Waals surface area contributed by atoms with Gasteiger partial charge in [-0.25, -0.2) is 0 Å². The highest BCUT2D eigenvalue weighted by atomic mass is 32.2. The second-order valence-electron chi connectivity index (χ2n) is 0.838. The van der Waals surface area contributed by atoms with Gasteiger partial charge in [0.1, 0.15) is 0 Å². The minimum Gasteiger partial charge on any atom is -0.254 e. The van der Waals surface area contributed by atoms with Crippen LogP contribution in [0.15, 0.2) is 0 Å². The highest BCUT2D eigenvalue weighted by Gasteiger charge is 2.00. The highest BCUT2D eigenvalue weighted by molar-refractivity contribution is 8.12. The van der Waals surface area contributed by atoms with Gasteiger partial charge in [0.25, 0.3) is 6.61 Å². The topological polar surface area (TPSA) is 11.3 Å². The van der Waals surface area contributed by atoms with E-state index in [-0.39, 0.29) is 0 Å². The summed E-state index contributed by atoms with van der Waals surface area (Å²) in [6, 6.07) is 0. The van der Waals surface area contributed by atoms with Crippen LogP contribution in [0.1, 0.15) is 0 Å². The molecule has 1 nitrogen and oxygen atoms in total. The molecule has 1 heterocycles. The first-order chi connectivity index (χ1) is 2.50. The zero-order valence-corrected chi connectivity index (χ0v) is 3.62. The Hall–Kier alpha value is 0.0200. The van der Waals surface area contributed by atoms with Crippen molar-refractivity contribution in [2.24, 2.45) is 0 Å². The minimum atomic E-state index is 0.907. The molecular formula is C3H5OS+. The number of rotatable bonds is 0. The van der Waals surface area contributed by atoms with Crippen molar-refractivity contribution in [3.8, 4) is 0 Å². The van der Waals surface area contributed by atoms with Crippen LogP contribution in [-0.2, 0) is 4.42 Å². The number of carbonyl (C=O) groups excluding carboxylic acids is 1. The Labute approximate surface area is 35.1 Å². The van der Waals surface area contributed by atoms with E-state index in [0.29, 0.717) is 0 Å². The molecule has 1 aliphatic heterocycles. The van der Waals surface area contributed by atoms with Crippen molar-refractivity contribution in [2.45, 2.75) is 0 Å². The smallest absolute Gasteiger partial charge is 0.254 e. The van der Waals surface area contributed by atoms with Gasteiger partial charge in [-0.05, 0) is 11.8 Å². The van der Waals surface area contributed by atoms with Crippen molar-refractivity contribution in [3.05, 3.63) is 0 Å². The number of hydrogen-bond acceptors (Lipinski definition) is 1. The first-order valence-electron chi connectivity index (χ1n) is 1.55. The summed E-state index contributed by atoms with van der Waals surface area (Å²) in [4.78, 5) is 0. The molecule has 0 aromatic rings. The van der Waals surface area contributed by atoms with Crippen molar-refractivity contribution < 1.29 is 4.42 Å². The van der Waals surface area contributed by atoms with E-state index in [9.17, 15) is 0 Å². The van der Waals surface area contributed by atoms with Gasteiger partial charge in [-0.2, -0.15) is 0 Å². The lowest BCUT2D eigenvalue weighted by Crippen LogP contribution is -1.73. The fourth-order valence-electron chi connectivity index (χ4n) is 0.241. The summed E-state index contributed by atoms with van der Waals surface area (Å²) in [5.74, 6) is 1.14. The molecule has 0 unspecified atom stereocenters. The van der Waals surface area contributed by atoms with Crippen LogP contribution in [-0.4, -0.2) is 18.0 Å². The van der Waals surface area contributed by atoms with Crippen molar-refractivity contribution in [1.29, 1.82) is 0 Å². The zero-order chi connectivity index (χ0) is 3.54. The molecule has 5 heavy (non-hydrogen) atoms. The minimum absolute atomic E-state index is 0.907. The summed E-state index contributed by atoms with van der Waals surface area (Å²) in [5.41, 5.74) is 1.78. The summed E-state index contributed by atoms with van der Waals surface area (Å²) in [6.07, 6.45) is 0. The van der Waals surface area contributed by atoms with Gasteiger partial charge in [0.15, 0.2) is 0 Å². The fraction of sp³-hybridized carbons (Fsp3) is 0.667. The molecular weight excluding hydrogens is 84.1 g/mol. The van der Waals surface area contributed by atoms with E-state index in [0.717, 1.165) is 12.4 Å². The zero-order valence-electron chi connectivity index (χ0n) is 2.81. The Bertz CT molecular complexity index is 44.9. The monoisotopic (exact) mass is 89.0 g/mol. The molecule has 0 N–H and O–H groups in total. The molecule has 0 aromatic heterocycles. The van der Waals surface area contributed by atoms with Gasteiger partial charge >= 0.3 is 5.62 Å². The molecule has 0 bridgehead atoms. The van der Waals surface area contributed by atoms with Crippen LogP contribution in [0.4, 0.5) is 0 Å². The maximum absolute atomic E-state index is 4.78. The summed E-state index contributed by atoms with van der Waals surface area (Å²) >= 11 is 1.73. The summed E-state index contributed by atoms with van der Waals surface area (Å²) in [6.45, 7) is 0.907. The van der Waals surface area contributed by atoms with Crippen LogP contribution in [0.3, 0.4) is 0 Å². The Balaban J connectivity index is 2.32. The van der Waals surface area contributed by atoms with Gasteiger partial charge in [0.2, 0.25) is 0 Å². The standard InChI is InChI=1S/C3H5OS/c1-2-5-3-4-1/h3H,1-2H2/q+1. The molecule has 0 atom stereocenters. The van der Waals surface area contributed by atoms with Gasteiger partial charge in [0.05, 0.1) is 5.75 Å². The molecule has 28 valence electrons. The van der Waals surface area contributed by atoms with E-state index < -0.39 is 0 Å². The first-order valence-corrected chi connectivity index (χ1v) is 2.60. The number of thioether (sulfide) groups is 1. The second kappa shape index (κ2) is 1.45. The SMILES string of the molecule is C1=[O+]CCS1. The molecule has 0 aromatic carbocycles. The third-order valence-electron chi connectivity index (χ3n) is 0.455. The lowest BCUT2D eigenvalue weighted by atomic mass is 10.9. The molecule has 2 heteroatoms. The van der Waals surface area contributed by atoms with E-state index in [1.54, 1.807) is 17.4 Å². The van der Waals surface area contributed by atoms with Crippen LogP contribution in [0, 0.1) is 0 Å². The Kier molecular flexibility index (Phi) is 0.937. The van der Waals surface area contributed by atoms with Gasteiger partial charge in [0, 0.05) is 0 Å². The largest absolute Gasteiger partial charge is 0.343 e. The molecule has 0 spiro atoms. The molecule has 0 radical (unpaired) electrons. The van der Waals surface area contributed by atoms with Crippen molar-refractivity contribution >= 4 is 17.4 Å². The molecule has 0 aliphatic carbocycles. The lowest BCUT2D eigenvalue weighted by molar-refractivity contribution is 0.137. The van der Waals surface area contributed by atoms with Crippen LogP contribution in [0.2, 0.25) is 0 Å². The number of hydrogen-bond donors (Lipinski definition) is 0. The molecule has 0 fully saturated rings. The maximum Gasteiger partial charge on any atom is 0.343 e.